The molecule has 0 aliphatic carbocycles. The molecule has 0 unspecified atom stereocenters. The summed E-state index contributed by atoms with van der Waals surface area (Å²) in [5, 5.41) is 0. The van der Waals surface area contributed by atoms with Crippen LogP contribution in [0.25, 0.3) is 0 Å². The summed E-state index contributed by atoms with van der Waals surface area (Å²) in [4.78, 5) is 0. The Hall–Kier alpha value is 2.99. The molecule has 0 saturated heterocycles. The van der Waals surface area contributed by atoms with Crippen LogP contribution in [0.1, 0.15) is 0 Å². The number of hydrogen-bond acceptors (Lipinski definition) is 0. The van der Waals surface area contributed by atoms with Crippen molar-refractivity contribution in [2.24, 2.45) is 0 Å². The molecule has 0 saturated carbocycles. The number of halogens is 2. The van der Waals surface area contributed by atoms with Crippen LogP contribution in [-0.4, -0.2) is 80.0 Å². The van der Waals surface area contributed by atoms with E-state index in [0.717, 1.165) is 0 Å². The Kier molecular flexibility index (Phi) is 57.9. The Bertz CT molecular complexity index is 80.9. The average molecular weight is 559 g/mol. The molecule has 0 N–H and O–H groups in total. The molecule has 0 bridgehead atoms. The van der Waals surface area contributed by atoms with E-state index < -0.39 is 16.5 Å². The Morgan fingerprint density at radius 1 is 0.421 bits per heavy atom. The standard InChI is InChI=1S/4C3H9P.2ClH.W/c4*1-4(2)3;;;/h4*1-3H3;2*1H;/q;;;;;;+2/p-2. The zero-order valence-electron chi connectivity index (χ0n) is 15.0. The van der Waals surface area contributed by atoms with Crippen molar-refractivity contribution in [1.29, 1.82) is 0 Å². The van der Waals surface area contributed by atoms with Gasteiger partial charge < -0.3 is 0 Å². The zero-order valence-corrected chi connectivity index (χ0v) is 23.0. The molecule has 0 fully saturated rings. The van der Waals surface area contributed by atoms with E-state index in [4.69, 9.17) is 18.8 Å². The monoisotopic (exact) mass is 558 g/mol. The fraction of sp³-hybridized carbons (Fsp3) is 1.00. The third-order valence-corrected chi connectivity index (χ3v) is 0. The van der Waals surface area contributed by atoms with Gasteiger partial charge in [0.05, 0.1) is 0 Å². The van der Waals surface area contributed by atoms with Gasteiger partial charge in [-0.1, -0.05) is 0 Å². The SMILES string of the molecule is CP(C)C.CP(C)C.CP(C)C.CP(C)C.[Cl][W][Cl]. The Labute approximate surface area is 146 Å². The summed E-state index contributed by atoms with van der Waals surface area (Å²) >= 11 is -0.806. The predicted molar refractivity (Wildman–Crippen MR) is 110 cm³/mol. The number of rotatable bonds is 0. The van der Waals surface area contributed by atoms with Gasteiger partial charge in [-0.3, -0.25) is 0 Å². The van der Waals surface area contributed by atoms with Crippen LogP contribution in [0.3, 0.4) is 0 Å². The summed E-state index contributed by atoms with van der Waals surface area (Å²) in [6.45, 7) is 26.8. The van der Waals surface area contributed by atoms with E-state index in [9.17, 15) is 0 Å². The molecule has 0 aliphatic rings. The van der Waals surface area contributed by atoms with Gasteiger partial charge in [-0.15, -0.1) is 31.7 Å². The van der Waals surface area contributed by atoms with E-state index in [-0.39, 0.29) is 0 Å². The van der Waals surface area contributed by atoms with Gasteiger partial charge in [0.15, 0.2) is 0 Å². The van der Waals surface area contributed by atoms with Crippen molar-refractivity contribution < 1.29 is 16.5 Å². The van der Waals surface area contributed by atoms with Crippen molar-refractivity contribution in [2.45, 2.75) is 0 Å². The Morgan fingerprint density at radius 2 is 0.421 bits per heavy atom. The van der Waals surface area contributed by atoms with Crippen molar-refractivity contribution in [3.8, 4) is 0 Å². The minimum absolute atomic E-state index is 0.380. The molecule has 0 nitrogen and oxygen atoms in total. The second-order valence-corrected chi connectivity index (χ2v) is 20.4. The van der Waals surface area contributed by atoms with Crippen molar-refractivity contribution in [1.82, 2.24) is 0 Å². The van der Waals surface area contributed by atoms with E-state index in [2.05, 4.69) is 80.0 Å². The van der Waals surface area contributed by atoms with Crippen molar-refractivity contribution in [3.05, 3.63) is 0 Å². The predicted octanol–water partition coefficient (Wildman–Crippen LogP) is 6.81. The van der Waals surface area contributed by atoms with Gasteiger partial charge in [0, 0.05) is 0 Å². The van der Waals surface area contributed by atoms with Gasteiger partial charge in [0.1, 0.15) is 0 Å². The molecular weight excluding hydrogens is 523 g/mol. The topological polar surface area (TPSA) is 0 Å². The molecule has 0 atom stereocenters. The zero-order chi connectivity index (χ0) is 17.0. The molecule has 0 aromatic rings. The summed E-state index contributed by atoms with van der Waals surface area (Å²) in [6.07, 6.45) is 0. The molecule has 0 aromatic carbocycles. The second-order valence-electron chi connectivity index (χ2n) is 5.42. The van der Waals surface area contributed by atoms with Crippen LogP contribution in [0.15, 0.2) is 0 Å². The first kappa shape index (κ1) is 33.6. The molecule has 0 heterocycles. The summed E-state index contributed by atoms with van der Waals surface area (Å²) in [5.41, 5.74) is 0. The van der Waals surface area contributed by atoms with Crippen LogP contribution < -0.4 is 0 Å². The Balaban J connectivity index is -0.0000000432. The molecule has 0 amide bonds. The summed E-state index contributed by atoms with van der Waals surface area (Å²) < 4.78 is 0. The maximum atomic E-state index is 4.93. The van der Waals surface area contributed by atoms with Gasteiger partial charge in [-0.25, -0.2) is 0 Å². The van der Waals surface area contributed by atoms with Crippen molar-refractivity contribution >= 4 is 50.5 Å². The Morgan fingerprint density at radius 3 is 0.421 bits per heavy atom. The second kappa shape index (κ2) is 32.8. The molecule has 0 aromatic heterocycles. The normalized spacial score (nSPS) is 8.53. The summed E-state index contributed by atoms with van der Waals surface area (Å²) in [6, 6.07) is 0. The fourth-order valence-electron chi connectivity index (χ4n) is 0. The van der Waals surface area contributed by atoms with E-state index >= 15 is 0 Å². The van der Waals surface area contributed by atoms with Gasteiger partial charge in [0.25, 0.3) is 0 Å². The molecule has 0 radical (unpaired) electrons. The van der Waals surface area contributed by atoms with E-state index in [0.29, 0.717) is 31.7 Å². The van der Waals surface area contributed by atoms with Crippen LogP contribution in [0, 0.1) is 0 Å². The number of hydrogen-bond donors (Lipinski definition) is 0. The minimum atomic E-state index is -0.806. The fourth-order valence-corrected chi connectivity index (χ4v) is 0. The molecule has 124 valence electrons. The summed E-state index contributed by atoms with van der Waals surface area (Å²) in [7, 11) is 11.4. The van der Waals surface area contributed by atoms with Gasteiger partial charge in [-0.05, 0) is 80.0 Å². The van der Waals surface area contributed by atoms with Crippen LogP contribution in [0.5, 0.6) is 0 Å². The van der Waals surface area contributed by atoms with E-state index in [1.165, 1.54) is 0 Å². The van der Waals surface area contributed by atoms with E-state index in [1.54, 1.807) is 0 Å². The van der Waals surface area contributed by atoms with Crippen molar-refractivity contribution in [3.63, 3.8) is 0 Å². The van der Waals surface area contributed by atoms with Gasteiger partial charge in [-0.2, -0.15) is 0 Å². The molecule has 0 aliphatic heterocycles. The first-order valence-electron chi connectivity index (χ1n) is 5.68. The maximum absolute atomic E-state index is 4.93. The molecule has 0 rings (SSSR count). The first-order valence-corrected chi connectivity index (χ1v) is 23.7. The summed E-state index contributed by atoms with van der Waals surface area (Å²) in [5.74, 6) is 0. The third kappa shape index (κ3) is 847. The third-order valence-electron chi connectivity index (χ3n) is 0. The van der Waals surface area contributed by atoms with Crippen LogP contribution >= 0.6 is 50.5 Å². The van der Waals surface area contributed by atoms with Gasteiger partial charge >= 0.3 is 35.3 Å². The van der Waals surface area contributed by atoms with Crippen molar-refractivity contribution in [2.75, 3.05) is 80.0 Å². The van der Waals surface area contributed by atoms with Crippen LogP contribution in [0.4, 0.5) is 0 Å². The first-order chi connectivity index (χ1) is 8.34. The average Bonchev–Trinajstić information content (AvgIpc) is 1.97. The quantitative estimate of drug-likeness (QED) is 0.287. The van der Waals surface area contributed by atoms with Crippen LogP contribution in [0.2, 0.25) is 0 Å². The van der Waals surface area contributed by atoms with Crippen LogP contribution in [-0.2, 0) is 16.5 Å². The van der Waals surface area contributed by atoms with E-state index in [1.807, 2.05) is 0 Å². The van der Waals surface area contributed by atoms with Gasteiger partial charge in [0.2, 0.25) is 0 Å². The molecular formula is C12H36Cl2P4W. The molecule has 19 heavy (non-hydrogen) atoms. The molecule has 0 spiro atoms. The molecule has 7 heteroatoms.